The number of hydrogen-bond donors (Lipinski definition) is 0. The first kappa shape index (κ1) is 23.7. The zero-order chi connectivity index (χ0) is 24.4. The Bertz CT molecular complexity index is 1360. The summed E-state index contributed by atoms with van der Waals surface area (Å²) in [5.74, 6) is 1.67. The predicted molar refractivity (Wildman–Crippen MR) is 137 cm³/mol. The molecule has 2 aromatic heterocycles. The first-order valence-corrected chi connectivity index (χ1v) is 12.7. The number of nitrogens with zero attached hydrogens (tertiary/aromatic N) is 5. The van der Waals surface area contributed by atoms with Crippen LogP contribution in [0.1, 0.15) is 55.6 Å². The number of halogens is 1. The lowest BCUT2D eigenvalue weighted by Crippen LogP contribution is -2.38. The van der Waals surface area contributed by atoms with E-state index >= 15 is 0 Å². The minimum Gasteiger partial charge on any atom is -0.339 e. The van der Waals surface area contributed by atoms with Crippen LogP contribution in [0.5, 0.6) is 0 Å². The van der Waals surface area contributed by atoms with Crippen molar-refractivity contribution >= 4 is 22.4 Å². The van der Waals surface area contributed by atoms with Crippen molar-refractivity contribution in [2.24, 2.45) is 0 Å². The van der Waals surface area contributed by atoms with Gasteiger partial charge in [0, 0.05) is 41.8 Å². The van der Waals surface area contributed by atoms with E-state index in [-0.39, 0.29) is 17.5 Å². The van der Waals surface area contributed by atoms with Gasteiger partial charge in [0.2, 0.25) is 5.89 Å². The van der Waals surface area contributed by atoms with Crippen molar-refractivity contribution < 1.29 is 4.52 Å². The smallest absolute Gasteiger partial charge is 0.274 e. The summed E-state index contributed by atoms with van der Waals surface area (Å²) in [6.07, 6.45) is 3.49. The monoisotopic (exact) mass is 491 g/mol. The Kier molecular flexibility index (Phi) is 6.97. The van der Waals surface area contributed by atoms with Gasteiger partial charge in [-0.15, -0.1) is 0 Å². The summed E-state index contributed by atoms with van der Waals surface area (Å²) in [7, 11) is 0. The molecule has 182 valence electrons. The lowest BCUT2D eigenvalue weighted by Gasteiger charge is -2.24. The summed E-state index contributed by atoms with van der Waals surface area (Å²) in [5.41, 5.74) is 1.98. The minimum atomic E-state index is -0.0363. The summed E-state index contributed by atoms with van der Waals surface area (Å²) in [4.78, 5) is 20.3. The number of fused-ring (bicyclic) bond motifs is 1. The van der Waals surface area contributed by atoms with Gasteiger partial charge in [-0.3, -0.25) is 9.69 Å². The molecule has 0 radical (unpaired) electrons. The Morgan fingerprint density at radius 1 is 1.11 bits per heavy atom. The second-order valence-corrected chi connectivity index (χ2v) is 10.0. The van der Waals surface area contributed by atoms with Gasteiger partial charge in [-0.2, -0.15) is 10.1 Å². The van der Waals surface area contributed by atoms with Gasteiger partial charge in [0.25, 0.3) is 5.56 Å². The van der Waals surface area contributed by atoms with Crippen molar-refractivity contribution in [3.8, 4) is 0 Å². The molecule has 8 heteroatoms. The maximum atomic E-state index is 13.3. The maximum Gasteiger partial charge on any atom is 0.274 e. The van der Waals surface area contributed by atoms with Crippen molar-refractivity contribution in [3.05, 3.63) is 86.9 Å². The van der Waals surface area contributed by atoms with Crippen LogP contribution >= 0.6 is 11.6 Å². The molecule has 1 saturated heterocycles. The van der Waals surface area contributed by atoms with Gasteiger partial charge in [0.05, 0.1) is 17.6 Å². The molecule has 4 aromatic rings. The molecule has 0 N–H and O–H groups in total. The molecule has 1 aliphatic heterocycles. The van der Waals surface area contributed by atoms with E-state index in [9.17, 15) is 4.79 Å². The molecule has 35 heavy (non-hydrogen) atoms. The Balaban J connectivity index is 1.37. The molecule has 0 bridgehead atoms. The van der Waals surface area contributed by atoms with Crippen LogP contribution in [0, 0.1) is 0 Å². The van der Waals surface area contributed by atoms with Gasteiger partial charge in [-0.25, -0.2) is 4.68 Å². The Hall–Kier alpha value is -3.03. The largest absolute Gasteiger partial charge is 0.339 e. The Morgan fingerprint density at radius 3 is 2.63 bits per heavy atom. The lowest BCUT2D eigenvalue weighted by atomic mass is 10.0. The average molecular weight is 492 g/mol. The van der Waals surface area contributed by atoms with E-state index in [4.69, 9.17) is 21.2 Å². The topological polar surface area (TPSA) is 77.0 Å². The minimum absolute atomic E-state index is 0.0363. The third-order valence-electron chi connectivity index (χ3n) is 6.72. The van der Waals surface area contributed by atoms with Crippen LogP contribution in [0.25, 0.3) is 10.8 Å². The number of likely N-dealkylation sites (tertiary alicyclic amines) is 1. The molecule has 5 rings (SSSR count). The molecule has 1 unspecified atom stereocenters. The first-order valence-electron chi connectivity index (χ1n) is 12.3. The molecule has 1 aliphatic rings. The van der Waals surface area contributed by atoms with Crippen LogP contribution in [0.15, 0.2) is 57.8 Å². The molecule has 3 heterocycles. The van der Waals surface area contributed by atoms with Gasteiger partial charge in [0.1, 0.15) is 0 Å². The van der Waals surface area contributed by atoms with Crippen molar-refractivity contribution in [2.75, 3.05) is 13.1 Å². The van der Waals surface area contributed by atoms with E-state index in [1.54, 1.807) is 4.68 Å². The molecule has 1 fully saturated rings. The molecule has 0 amide bonds. The number of rotatable bonds is 8. The van der Waals surface area contributed by atoms with Gasteiger partial charge in [0.15, 0.2) is 5.82 Å². The summed E-state index contributed by atoms with van der Waals surface area (Å²) >= 11 is 6.07. The van der Waals surface area contributed by atoms with Gasteiger partial charge < -0.3 is 4.52 Å². The van der Waals surface area contributed by atoms with Crippen LogP contribution in [0.2, 0.25) is 5.02 Å². The highest BCUT2D eigenvalue weighted by atomic mass is 35.5. The summed E-state index contributed by atoms with van der Waals surface area (Å²) in [5, 5.41) is 11.3. The highest BCUT2D eigenvalue weighted by Crippen LogP contribution is 2.22. The third kappa shape index (κ3) is 5.31. The summed E-state index contributed by atoms with van der Waals surface area (Å²) < 4.78 is 7.09. The standard InChI is InChI=1S/C27H30ClN5O2/c1-18(2)26-29-25(35-31-26)13-15-32-14-5-6-21(32)17-33-27(34)23-8-4-3-7-22(23)24(30-33)16-19-9-11-20(28)12-10-19/h3-4,7-12,18,21H,5-6,13-17H2,1-2H3. The first-order chi connectivity index (χ1) is 17.0. The van der Waals surface area contributed by atoms with E-state index in [1.807, 2.05) is 48.5 Å². The predicted octanol–water partition coefficient (Wildman–Crippen LogP) is 4.85. The fourth-order valence-electron chi connectivity index (χ4n) is 4.79. The van der Waals surface area contributed by atoms with Crippen molar-refractivity contribution in [3.63, 3.8) is 0 Å². The lowest BCUT2D eigenvalue weighted by molar-refractivity contribution is 0.219. The van der Waals surface area contributed by atoms with Crippen LogP contribution in [-0.2, 0) is 19.4 Å². The van der Waals surface area contributed by atoms with Gasteiger partial charge in [-0.1, -0.05) is 60.9 Å². The third-order valence-corrected chi connectivity index (χ3v) is 6.98. The molecular weight excluding hydrogens is 462 g/mol. The highest BCUT2D eigenvalue weighted by Gasteiger charge is 2.26. The SMILES string of the molecule is CC(C)c1noc(CCN2CCCC2Cn2nc(Cc3ccc(Cl)cc3)c3ccccc3c2=O)n1. The number of benzene rings is 2. The zero-order valence-electron chi connectivity index (χ0n) is 20.2. The Morgan fingerprint density at radius 2 is 1.89 bits per heavy atom. The molecule has 0 aliphatic carbocycles. The molecule has 7 nitrogen and oxygen atoms in total. The zero-order valence-corrected chi connectivity index (χ0v) is 20.9. The van der Waals surface area contributed by atoms with Crippen LogP contribution in [0.3, 0.4) is 0 Å². The van der Waals surface area contributed by atoms with E-state index in [1.165, 1.54) is 0 Å². The van der Waals surface area contributed by atoms with Crippen molar-refractivity contribution in [1.29, 1.82) is 0 Å². The molecule has 0 saturated carbocycles. The molecule has 0 spiro atoms. The van der Waals surface area contributed by atoms with Gasteiger partial charge in [-0.05, 0) is 43.1 Å². The second kappa shape index (κ2) is 10.3. The molecule has 1 atom stereocenters. The second-order valence-electron chi connectivity index (χ2n) is 9.57. The van der Waals surface area contributed by atoms with Crippen molar-refractivity contribution in [2.45, 2.75) is 58.0 Å². The molecular formula is C27H30ClN5O2. The maximum absolute atomic E-state index is 13.3. The van der Waals surface area contributed by atoms with Crippen LogP contribution in [-0.4, -0.2) is 44.0 Å². The number of aromatic nitrogens is 4. The van der Waals surface area contributed by atoms with Gasteiger partial charge >= 0.3 is 0 Å². The molecule has 2 aromatic carbocycles. The Labute approximate surface area is 209 Å². The van der Waals surface area contributed by atoms with Crippen LogP contribution in [0.4, 0.5) is 0 Å². The van der Waals surface area contributed by atoms with E-state index in [0.29, 0.717) is 35.7 Å². The van der Waals surface area contributed by atoms with Crippen LogP contribution < -0.4 is 5.56 Å². The highest BCUT2D eigenvalue weighted by molar-refractivity contribution is 6.30. The fraction of sp³-hybridized carbons (Fsp3) is 0.407. The summed E-state index contributed by atoms with van der Waals surface area (Å²) in [6.45, 7) is 6.50. The summed E-state index contributed by atoms with van der Waals surface area (Å²) in [6, 6.07) is 15.8. The average Bonchev–Trinajstić information content (AvgIpc) is 3.52. The quantitative estimate of drug-likeness (QED) is 0.350. The van der Waals surface area contributed by atoms with E-state index in [0.717, 1.165) is 48.4 Å². The van der Waals surface area contributed by atoms with E-state index in [2.05, 4.69) is 28.9 Å². The number of hydrogen-bond acceptors (Lipinski definition) is 6. The fourth-order valence-corrected chi connectivity index (χ4v) is 4.92. The van der Waals surface area contributed by atoms with E-state index < -0.39 is 0 Å². The normalized spacial score (nSPS) is 16.5. The van der Waals surface area contributed by atoms with Crippen molar-refractivity contribution in [1.82, 2.24) is 24.8 Å².